The van der Waals surface area contributed by atoms with Crippen molar-refractivity contribution < 1.29 is 36.0 Å². The van der Waals surface area contributed by atoms with Gasteiger partial charge in [0.2, 0.25) is 0 Å². The van der Waals surface area contributed by atoms with Crippen LogP contribution in [-0.2, 0) is 36.3 Å². The Bertz CT molecular complexity index is 1280. The molecular formula is C26H27F2O6S2+. The molecule has 0 aliphatic carbocycles. The van der Waals surface area contributed by atoms with Crippen molar-refractivity contribution in [3.63, 3.8) is 0 Å². The molecule has 192 valence electrons. The van der Waals surface area contributed by atoms with Crippen molar-refractivity contribution in [3.8, 4) is 5.75 Å². The molecule has 3 aromatic rings. The van der Waals surface area contributed by atoms with E-state index in [9.17, 15) is 17.2 Å². The lowest BCUT2D eigenvalue weighted by atomic mass is 10.1. The van der Waals surface area contributed by atoms with Crippen LogP contribution in [-0.4, -0.2) is 30.6 Å². The number of halogens is 2. The van der Waals surface area contributed by atoms with Crippen molar-refractivity contribution in [2.45, 2.75) is 65.3 Å². The Balaban J connectivity index is 1.60. The molecule has 2 atom stereocenters. The summed E-state index contributed by atoms with van der Waals surface area (Å²) in [5.74, 6) is -0.719. The fourth-order valence-electron chi connectivity index (χ4n) is 3.81. The van der Waals surface area contributed by atoms with Crippen LogP contribution in [0.4, 0.5) is 8.78 Å². The van der Waals surface area contributed by atoms with Gasteiger partial charge in [-0.1, -0.05) is 25.1 Å². The second-order valence-electron chi connectivity index (χ2n) is 8.43. The van der Waals surface area contributed by atoms with E-state index < -0.39 is 38.2 Å². The number of benzene rings is 3. The zero-order chi connectivity index (χ0) is 26.1. The predicted molar refractivity (Wildman–Crippen MR) is 132 cm³/mol. The molecule has 6 nitrogen and oxygen atoms in total. The molecule has 10 heteroatoms. The van der Waals surface area contributed by atoms with Crippen molar-refractivity contribution in [3.05, 3.63) is 84.4 Å². The quantitative estimate of drug-likeness (QED) is 0.267. The minimum absolute atomic E-state index is 0.0548. The van der Waals surface area contributed by atoms with Gasteiger partial charge in [-0.2, -0.15) is 17.2 Å². The molecule has 1 heterocycles. The van der Waals surface area contributed by atoms with Gasteiger partial charge >= 0.3 is 15.4 Å². The van der Waals surface area contributed by atoms with Crippen LogP contribution in [0, 0.1) is 0 Å². The largest absolute Gasteiger partial charge is 0.483 e. The Morgan fingerprint density at radius 2 is 1.47 bits per heavy atom. The van der Waals surface area contributed by atoms with E-state index in [-0.39, 0.29) is 12.0 Å². The normalized spacial score (nSPS) is 21.9. The summed E-state index contributed by atoms with van der Waals surface area (Å²) in [6.45, 7) is 4.77. The van der Waals surface area contributed by atoms with Crippen molar-refractivity contribution in [2.24, 2.45) is 0 Å². The first kappa shape index (κ1) is 26.6. The number of hydrogen-bond donors (Lipinski definition) is 1. The van der Waals surface area contributed by atoms with E-state index in [1.54, 1.807) is 12.1 Å². The van der Waals surface area contributed by atoms with Crippen LogP contribution in [0.25, 0.3) is 0 Å². The Kier molecular flexibility index (Phi) is 7.45. The summed E-state index contributed by atoms with van der Waals surface area (Å²) in [7, 11) is -6.12. The molecule has 0 radical (unpaired) electrons. The second kappa shape index (κ2) is 10.1. The lowest BCUT2D eigenvalue weighted by Crippen LogP contribution is -2.48. The molecule has 2 unspecified atom stereocenters. The molecule has 3 aromatic carbocycles. The van der Waals surface area contributed by atoms with Gasteiger partial charge in [0, 0.05) is 5.56 Å². The highest BCUT2D eigenvalue weighted by molar-refractivity contribution is 7.97. The van der Waals surface area contributed by atoms with Gasteiger partial charge < -0.3 is 14.2 Å². The average molecular weight is 538 g/mol. The SMILES string of the molecule is CCC1OC(C)(c2ccc([S+](c3ccccc3)c3ccc(OC(C)C(F)(F)S(=O)(=O)O)cc3)cc2)O1. The monoisotopic (exact) mass is 537 g/mol. The molecule has 0 bridgehead atoms. The highest BCUT2D eigenvalue weighted by Crippen LogP contribution is 2.41. The van der Waals surface area contributed by atoms with Crippen molar-refractivity contribution in [1.82, 2.24) is 0 Å². The summed E-state index contributed by atoms with van der Waals surface area (Å²) in [4.78, 5) is 2.99. The molecule has 1 fully saturated rings. The molecule has 36 heavy (non-hydrogen) atoms. The maximum Gasteiger partial charge on any atom is 0.405 e. The first-order chi connectivity index (χ1) is 16.9. The molecule has 1 saturated heterocycles. The van der Waals surface area contributed by atoms with E-state index in [1.165, 1.54) is 12.1 Å². The van der Waals surface area contributed by atoms with Gasteiger partial charge in [0.1, 0.15) is 5.75 Å². The third kappa shape index (κ3) is 5.28. The smallest absolute Gasteiger partial charge is 0.405 e. The number of alkyl halides is 2. The van der Waals surface area contributed by atoms with Crippen LogP contribution in [0.1, 0.15) is 32.8 Å². The van der Waals surface area contributed by atoms with Gasteiger partial charge in [0.25, 0.3) is 0 Å². The van der Waals surface area contributed by atoms with Crippen LogP contribution in [0.5, 0.6) is 5.75 Å². The van der Waals surface area contributed by atoms with E-state index in [0.29, 0.717) is 0 Å². The van der Waals surface area contributed by atoms with Gasteiger partial charge in [-0.15, -0.1) is 0 Å². The van der Waals surface area contributed by atoms with Gasteiger partial charge in [0.15, 0.2) is 32.9 Å². The molecule has 0 saturated carbocycles. The minimum Gasteiger partial charge on any atom is -0.483 e. The number of rotatable bonds is 9. The third-order valence-electron chi connectivity index (χ3n) is 5.83. The first-order valence-corrected chi connectivity index (χ1v) is 14.0. The highest BCUT2D eigenvalue weighted by Gasteiger charge is 2.51. The van der Waals surface area contributed by atoms with Crippen LogP contribution >= 0.6 is 0 Å². The number of hydrogen-bond acceptors (Lipinski definition) is 5. The summed E-state index contributed by atoms with van der Waals surface area (Å²) in [6.07, 6.45) is -1.51. The molecule has 4 rings (SSSR count). The summed E-state index contributed by atoms with van der Waals surface area (Å²) in [5.41, 5.74) is 0.907. The van der Waals surface area contributed by atoms with Crippen LogP contribution in [0.15, 0.2) is 93.5 Å². The summed E-state index contributed by atoms with van der Waals surface area (Å²) in [5, 5.41) is -4.44. The Morgan fingerprint density at radius 3 is 1.97 bits per heavy atom. The Morgan fingerprint density at radius 1 is 0.972 bits per heavy atom. The van der Waals surface area contributed by atoms with Crippen LogP contribution in [0.3, 0.4) is 0 Å². The lowest BCUT2D eigenvalue weighted by Gasteiger charge is -2.45. The lowest BCUT2D eigenvalue weighted by molar-refractivity contribution is -0.454. The molecule has 1 N–H and O–H groups in total. The third-order valence-corrected chi connectivity index (χ3v) is 9.08. The van der Waals surface area contributed by atoms with Gasteiger partial charge in [0.05, 0.1) is 10.9 Å². The number of ether oxygens (including phenoxy) is 3. The molecule has 1 aliphatic heterocycles. The molecule has 0 spiro atoms. The average Bonchev–Trinajstić information content (AvgIpc) is 2.83. The fraction of sp³-hybridized carbons (Fsp3) is 0.308. The molecular weight excluding hydrogens is 510 g/mol. The zero-order valence-corrected chi connectivity index (χ0v) is 21.6. The highest BCUT2D eigenvalue weighted by atomic mass is 32.2. The Labute approximate surface area is 212 Å². The van der Waals surface area contributed by atoms with Crippen molar-refractivity contribution in [1.29, 1.82) is 0 Å². The van der Waals surface area contributed by atoms with Crippen LogP contribution < -0.4 is 4.74 Å². The molecule has 1 aliphatic rings. The Hall–Kier alpha value is -2.50. The standard InChI is InChI=1S/C26H26F2O6S2/c1-4-24-33-25(3,34-24)19-10-14-22(15-11-19)35(21-8-6-5-7-9-21)23-16-12-20(13-17-23)32-18(2)26(27,28)36(29,30)31/h5-18,24H,4H2,1-3H3/p+1. The molecule has 0 aromatic heterocycles. The van der Waals surface area contributed by atoms with E-state index in [1.807, 2.05) is 68.4 Å². The van der Waals surface area contributed by atoms with Gasteiger partial charge in [-0.3, -0.25) is 4.55 Å². The summed E-state index contributed by atoms with van der Waals surface area (Å²) >= 11 is 0. The van der Waals surface area contributed by atoms with E-state index >= 15 is 0 Å². The van der Waals surface area contributed by atoms with Gasteiger partial charge in [-0.25, -0.2) is 0 Å². The summed E-state index contributed by atoms with van der Waals surface area (Å²) in [6, 6.07) is 24.3. The zero-order valence-electron chi connectivity index (χ0n) is 19.9. The first-order valence-electron chi connectivity index (χ1n) is 11.3. The summed E-state index contributed by atoms with van der Waals surface area (Å²) < 4.78 is 75.4. The van der Waals surface area contributed by atoms with Crippen molar-refractivity contribution in [2.75, 3.05) is 0 Å². The minimum atomic E-state index is -5.61. The fourth-order valence-corrected chi connectivity index (χ4v) is 6.34. The van der Waals surface area contributed by atoms with E-state index in [0.717, 1.165) is 33.6 Å². The molecule has 0 amide bonds. The van der Waals surface area contributed by atoms with Crippen LogP contribution in [0.2, 0.25) is 0 Å². The van der Waals surface area contributed by atoms with Crippen molar-refractivity contribution >= 4 is 21.0 Å². The van der Waals surface area contributed by atoms with E-state index in [2.05, 4.69) is 0 Å². The second-order valence-corrected chi connectivity index (χ2v) is 12.0. The predicted octanol–water partition coefficient (Wildman–Crippen LogP) is 5.99. The van der Waals surface area contributed by atoms with Gasteiger partial charge in [-0.05, 0) is 80.9 Å². The van der Waals surface area contributed by atoms with E-state index in [4.69, 9.17) is 18.8 Å². The maximum absolute atomic E-state index is 13.9. The maximum atomic E-state index is 13.9. The topological polar surface area (TPSA) is 82.1 Å².